The van der Waals surface area contributed by atoms with Gasteiger partial charge in [0.25, 0.3) is 0 Å². The quantitative estimate of drug-likeness (QED) is 0.707. The minimum Gasteiger partial charge on any atom is -0.459 e. The second kappa shape index (κ2) is 5.52. The second-order valence-corrected chi connectivity index (χ2v) is 4.69. The van der Waals surface area contributed by atoms with Gasteiger partial charge in [0.1, 0.15) is 5.60 Å². The van der Waals surface area contributed by atoms with Crippen LogP contribution in [0.1, 0.15) is 27.2 Å². The highest BCUT2D eigenvalue weighted by Gasteiger charge is 2.27. The van der Waals surface area contributed by atoms with E-state index in [1.54, 1.807) is 20.8 Å². The van der Waals surface area contributed by atoms with Crippen LogP contribution < -0.4 is 0 Å². The number of nitrogens with zero attached hydrogens (tertiary/aromatic N) is 1. The highest BCUT2D eigenvalue weighted by Crippen LogP contribution is 2.19. The molecule has 0 heterocycles. The molecule has 6 heteroatoms. The number of alkyl halides is 3. The first-order chi connectivity index (χ1) is 6.99. The molecular formula is C10H18F3NO2. The minimum atomic E-state index is -4.19. The largest absolute Gasteiger partial charge is 0.459 e. The van der Waals surface area contributed by atoms with Crippen molar-refractivity contribution in [2.75, 3.05) is 20.1 Å². The number of halogens is 3. The Balaban J connectivity index is 3.88. The summed E-state index contributed by atoms with van der Waals surface area (Å²) in [6.45, 7) is 4.79. The van der Waals surface area contributed by atoms with E-state index in [1.807, 2.05) is 0 Å². The smallest absolute Gasteiger partial charge is 0.390 e. The van der Waals surface area contributed by atoms with Gasteiger partial charge in [0.15, 0.2) is 0 Å². The average molecular weight is 241 g/mol. The Morgan fingerprint density at radius 3 is 2.12 bits per heavy atom. The Labute approximate surface area is 93.6 Å². The highest BCUT2D eigenvalue weighted by molar-refractivity contribution is 5.72. The maximum atomic E-state index is 11.9. The van der Waals surface area contributed by atoms with Crippen LogP contribution >= 0.6 is 0 Å². The Bertz CT molecular complexity index is 233. The van der Waals surface area contributed by atoms with E-state index in [9.17, 15) is 18.0 Å². The van der Waals surface area contributed by atoms with E-state index in [0.29, 0.717) is 0 Å². The SMILES string of the molecule is CN(CCC(F)(F)F)CC(=O)OC(C)(C)C. The molecule has 0 N–H and O–H groups in total. The molecule has 0 aromatic carbocycles. The summed E-state index contributed by atoms with van der Waals surface area (Å²) in [6, 6.07) is 0. The molecule has 0 saturated heterocycles. The standard InChI is InChI=1S/C10H18F3NO2/c1-9(2,3)16-8(15)7-14(4)6-5-10(11,12)13/h5-7H2,1-4H3. The number of hydrogen-bond donors (Lipinski definition) is 0. The summed E-state index contributed by atoms with van der Waals surface area (Å²) < 4.78 is 40.6. The van der Waals surface area contributed by atoms with Gasteiger partial charge in [0.05, 0.1) is 13.0 Å². The lowest BCUT2D eigenvalue weighted by atomic mass is 10.2. The summed E-state index contributed by atoms with van der Waals surface area (Å²) in [5.74, 6) is -0.517. The average Bonchev–Trinajstić information content (AvgIpc) is 1.95. The summed E-state index contributed by atoms with van der Waals surface area (Å²) >= 11 is 0. The number of ether oxygens (including phenoxy) is 1. The van der Waals surface area contributed by atoms with Crippen molar-refractivity contribution in [2.24, 2.45) is 0 Å². The van der Waals surface area contributed by atoms with Gasteiger partial charge in [-0.1, -0.05) is 0 Å². The zero-order chi connectivity index (χ0) is 13.0. The van der Waals surface area contributed by atoms with Gasteiger partial charge in [-0.3, -0.25) is 9.69 Å². The van der Waals surface area contributed by atoms with Gasteiger partial charge in [0, 0.05) is 6.54 Å². The van der Waals surface area contributed by atoms with E-state index >= 15 is 0 Å². The number of carbonyl (C=O) groups is 1. The molecule has 0 amide bonds. The molecule has 0 bridgehead atoms. The number of esters is 1. The predicted molar refractivity (Wildman–Crippen MR) is 54.0 cm³/mol. The van der Waals surface area contributed by atoms with Crippen molar-refractivity contribution in [1.29, 1.82) is 0 Å². The lowest BCUT2D eigenvalue weighted by molar-refractivity contribution is -0.158. The molecule has 0 rings (SSSR count). The molecule has 0 unspecified atom stereocenters. The molecule has 0 aromatic heterocycles. The van der Waals surface area contributed by atoms with Crippen molar-refractivity contribution < 1.29 is 22.7 Å². The number of likely N-dealkylation sites (N-methyl/N-ethyl adjacent to an activating group) is 1. The molecule has 0 radical (unpaired) electrons. The molecule has 0 aliphatic heterocycles. The van der Waals surface area contributed by atoms with E-state index in [0.717, 1.165) is 0 Å². The van der Waals surface area contributed by atoms with Crippen LogP contribution in [0.25, 0.3) is 0 Å². The molecule has 0 aliphatic carbocycles. The third-order valence-corrected chi connectivity index (χ3v) is 1.60. The van der Waals surface area contributed by atoms with E-state index < -0.39 is 24.2 Å². The zero-order valence-electron chi connectivity index (χ0n) is 10.0. The topological polar surface area (TPSA) is 29.5 Å². The molecular weight excluding hydrogens is 223 g/mol. The third-order valence-electron chi connectivity index (χ3n) is 1.60. The Morgan fingerprint density at radius 2 is 1.75 bits per heavy atom. The summed E-state index contributed by atoms with van der Waals surface area (Å²) in [7, 11) is 1.45. The zero-order valence-corrected chi connectivity index (χ0v) is 10.0. The Kier molecular flexibility index (Phi) is 5.25. The third kappa shape index (κ3) is 9.76. The summed E-state index contributed by atoms with van der Waals surface area (Å²) in [5.41, 5.74) is -0.609. The van der Waals surface area contributed by atoms with Crippen LogP contribution in [0.5, 0.6) is 0 Å². The molecule has 0 fully saturated rings. The molecule has 3 nitrogen and oxygen atoms in total. The maximum Gasteiger partial charge on any atom is 0.390 e. The predicted octanol–water partition coefficient (Wildman–Crippen LogP) is 2.21. The van der Waals surface area contributed by atoms with Crippen LogP contribution in [-0.2, 0) is 9.53 Å². The van der Waals surface area contributed by atoms with Gasteiger partial charge in [-0.2, -0.15) is 13.2 Å². The van der Waals surface area contributed by atoms with Gasteiger partial charge in [0.2, 0.25) is 0 Å². The first kappa shape index (κ1) is 15.2. The van der Waals surface area contributed by atoms with Crippen molar-refractivity contribution in [3.63, 3.8) is 0 Å². The summed E-state index contributed by atoms with van der Waals surface area (Å²) in [4.78, 5) is 12.5. The van der Waals surface area contributed by atoms with Crippen LogP contribution in [0.2, 0.25) is 0 Å². The Hall–Kier alpha value is -0.780. The van der Waals surface area contributed by atoms with Crippen molar-refractivity contribution in [1.82, 2.24) is 4.90 Å². The van der Waals surface area contributed by atoms with Crippen molar-refractivity contribution in [2.45, 2.75) is 39.0 Å². The molecule has 0 aromatic rings. The van der Waals surface area contributed by atoms with Gasteiger partial charge >= 0.3 is 12.1 Å². The lowest BCUT2D eigenvalue weighted by Crippen LogP contribution is -2.34. The fourth-order valence-corrected chi connectivity index (χ4v) is 0.991. The van der Waals surface area contributed by atoms with Crippen molar-refractivity contribution >= 4 is 5.97 Å². The number of hydrogen-bond acceptors (Lipinski definition) is 3. The van der Waals surface area contributed by atoms with Gasteiger partial charge < -0.3 is 4.74 Å². The monoisotopic (exact) mass is 241 g/mol. The van der Waals surface area contributed by atoms with Crippen LogP contribution in [0, 0.1) is 0 Å². The number of carbonyl (C=O) groups excluding carboxylic acids is 1. The van der Waals surface area contributed by atoms with E-state index in [2.05, 4.69) is 0 Å². The van der Waals surface area contributed by atoms with E-state index in [1.165, 1.54) is 11.9 Å². The summed E-state index contributed by atoms with van der Waals surface area (Å²) in [6.07, 6.45) is -5.12. The highest BCUT2D eigenvalue weighted by atomic mass is 19.4. The molecule has 0 aliphatic rings. The normalized spacial score (nSPS) is 13.0. The van der Waals surface area contributed by atoms with Gasteiger partial charge in [-0.05, 0) is 27.8 Å². The van der Waals surface area contributed by atoms with Gasteiger partial charge in [-0.25, -0.2) is 0 Å². The van der Waals surface area contributed by atoms with Gasteiger partial charge in [-0.15, -0.1) is 0 Å². The van der Waals surface area contributed by atoms with Crippen LogP contribution in [-0.4, -0.2) is 42.8 Å². The molecule has 0 spiro atoms. The first-order valence-electron chi connectivity index (χ1n) is 4.97. The first-order valence-corrected chi connectivity index (χ1v) is 4.97. The van der Waals surface area contributed by atoms with E-state index in [4.69, 9.17) is 4.74 Å². The minimum absolute atomic E-state index is 0.132. The molecule has 96 valence electrons. The Morgan fingerprint density at radius 1 is 1.25 bits per heavy atom. The van der Waals surface area contributed by atoms with Crippen molar-refractivity contribution in [3.05, 3.63) is 0 Å². The second-order valence-electron chi connectivity index (χ2n) is 4.69. The number of rotatable bonds is 4. The van der Waals surface area contributed by atoms with Crippen molar-refractivity contribution in [3.8, 4) is 0 Å². The van der Waals surface area contributed by atoms with Crippen LogP contribution in [0.4, 0.5) is 13.2 Å². The van der Waals surface area contributed by atoms with Crippen LogP contribution in [0.3, 0.4) is 0 Å². The van der Waals surface area contributed by atoms with E-state index in [-0.39, 0.29) is 13.1 Å². The maximum absolute atomic E-state index is 11.9. The molecule has 0 saturated carbocycles. The fraction of sp³-hybridized carbons (Fsp3) is 0.900. The summed E-state index contributed by atoms with van der Waals surface area (Å²) in [5, 5.41) is 0. The van der Waals surface area contributed by atoms with Crippen LogP contribution in [0.15, 0.2) is 0 Å². The molecule has 16 heavy (non-hydrogen) atoms. The fourth-order valence-electron chi connectivity index (χ4n) is 0.991. The molecule has 0 atom stereocenters. The lowest BCUT2D eigenvalue weighted by Gasteiger charge is -2.22.